The SMILES string of the molecule is CC1CCN(S(=O)(=O)N2CCC(C3CCCN3)CC2)CC1.Cl. The second-order valence-corrected chi connectivity index (χ2v) is 8.96. The van der Waals surface area contributed by atoms with E-state index in [-0.39, 0.29) is 12.4 Å². The maximum Gasteiger partial charge on any atom is 0.281 e. The van der Waals surface area contributed by atoms with Crippen LogP contribution in [0.4, 0.5) is 0 Å². The Morgan fingerprint density at radius 3 is 1.95 bits per heavy atom. The number of hydrogen-bond donors (Lipinski definition) is 1. The fraction of sp³-hybridized carbons (Fsp3) is 1.00. The third-order valence-electron chi connectivity index (χ3n) is 5.56. The van der Waals surface area contributed by atoms with Crippen LogP contribution in [0.2, 0.25) is 0 Å². The van der Waals surface area contributed by atoms with Crippen molar-refractivity contribution < 1.29 is 8.42 Å². The summed E-state index contributed by atoms with van der Waals surface area (Å²) in [6, 6.07) is 0.630. The lowest BCUT2D eigenvalue weighted by atomic mass is 9.89. The van der Waals surface area contributed by atoms with E-state index in [2.05, 4.69) is 12.2 Å². The quantitative estimate of drug-likeness (QED) is 0.844. The molecule has 0 aromatic carbocycles. The first-order valence-electron chi connectivity index (χ1n) is 8.56. The number of piperidine rings is 2. The lowest BCUT2D eigenvalue weighted by Gasteiger charge is -2.38. The van der Waals surface area contributed by atoms with E-state index in [0.29, 0.717) is 44.1 Å². The first kappa shape index (κ1) is 18.5. The Kier molecular flexibility index (Phi) is 6.54. The minimum absolute atomic E-state index is 0. The van der Waals surface area contributed by atoms with Gasteiger partial charge in [-0.2, -0.15) is 17.0 Å². The number of hydrogen-bond acceptors (Lipinski definition) is 3. The molecular formula is C15H30ClN3O2S. The van der Waals surface area contributed by atoms with Crippen LogP contribution in [0.15, 0.2) is 0 Å². The third-order valence-corrected chi connectivity index (χ3v) is 7.60. The van der Waals surface area contributed by atoms with Crippen LogP contribution >= 0.6 is 12.4 Å². The molecule has 3 rings (SSSR count). The highest BCUT2D eigenvalue weighted by Crippen LogP contribution is 2.28. The molecule has 130 valence electrons. The Morgan fingerprint density at radius 2 is 1.45 bits per heavy atom. The Labute approximate surface area is 141 Å². The van der Waals surface area contributed by atoms with Crippen molar-refractivity contribution in [1.82, 2.24) is 13.9 Å². The van der Waals surface area contributed by atoms with Gasteiger partial charge in [0.25, 0.3) is 10.2 Å². The molecule has 3 fully saturated rings. The van der Waals surface area contributed by atoms with E-state index >= 15 is 0 Å². The lowest BCUT2D eigenvalue weighted by molar-refractivity contribution is 0.211. The summed E-state index contributed by atoms with van der Waals surface area (Å²) in [6.07, 6.45) is 6.57. The molecule has 0 aromatic heterocycles. The van der Waals surface area contributed by atoms with Crippen molar-refractivity contribution in [3.8, 4) is 0 Å². The predicted molar refractivity (Wildman–Crippen MR) is 91.5 cm³/mol. The molecule has 1 atom stereocenters. The van der Waals surface area contributed by atoms with Crippen LogP contribution in [0.3, 0.4) is 0 Å². The molecule has 3 aliphatic heterocycles. The summed E-state index contributed by atoms with van der Waals surface area (Å²) in [6.45, 7) is 6.16. The highest BCUT2D eigenvalue weighted by Gasteiger charge is 2.36. The van der Waals surface area contributed by atoms with Crippen LogP contribution in [0.25, 0.3) is 0 Å². The average Bonchev–Trinajstić information content (AvgIpc) is 3.02. The minimum atomic E-state index is -3.21. The molecule has 0 aliphatic carbocycles. The molecule has 0 aromatic rings. The summed E-state index contributed by atoms with van der Waals surface area (Å²) in [5, 5.41) is 3.57. The topological polar surface area (TPSA) is 52.7 Å². The van der Waals surface area contributed by atoms with Gasteiger partial charge in [0.15, 0.2) is 0 Å². The summed E-state index contributed by atoms with van der Waals surface area (Å²) in [5.74, 6) is 1.33. The molecule has 7 heteroatoms. The first-order valence-corrected chi connectivity index (χ1v) is 9.95. The van der Waals surface area contributed by atoms with Crippen LogP contribution < -0.4 is 5.32 Å². The summed E-state index contributed by atoms with van der Waals surface area (Å²) < 4.78 is 28.9. The van der Waals surface area contributed by atoms with Gasteiger partial charge in [-0.25, -0.2) is 0 Å². The Morgan fingerprint density at radius 1 is 0.909 bits per heavy atom. The van der Waals surface area contributed by atoms with Crippen LogP contribution in [0.5, 0.6) is 0 Å². The van der Waals surface area contributed by atoms with Gasteiger partial charge >= 0.3 is 0 Å². The van der Waals surface area contributed by atoms with E-state index in [1.165, 1.54) is 12.8 Å². The predicted octanol–water partition coefficient (Wildman–Crippen LogP) is 1.85. The van der Waals surface area contributed by atoms with Crippen molar-refractivity contribution in [2.75, 3.05) is 32.7 Å². The third kappa shape index (κ3) is 3.96. The van der Waals surface area contributed by atoms with Crippen LogP contribution in [0.1, 0.15) is 45.4 Å². The summed E-state index contributed by atoms with van der Waals surface area (Å²) in [5.41, 5.74) is 0. The molecule has 3 heterocycles. The summed E-state index contributed by atoms with van der Waals surface area (Å²) >= 11 is 0. The standard InChI is InChI=1S/C15H29N3O2S.ClH/c1-13-4-9-17(10-5-13)21(19,20)18-11-6-14(7-12-18)15-3-2-8-16-15;/h13-16H,2-12H2,1H3;1H. The van der Waals surface area contributed by atoms with Crippen molar-refractivity contribution >= 4 is 22.6 Å². The molecule has 22 heavy (non-hydrogen) atoms. The molecule has 0 saturated carbocycles. The largest absolute Gasteiger partial charge is 0.314 e. The van der Waals surface area contributed by atoms with Crippen molar-refractivity contribution in [3.63, 3.8) is 0 Å². The van der Waals surface area contributed by atoms with Gasteiger partial charge in [-0.1, -0.05) is 6.92 Å². The maximum absolute atomic E-state index is 12.7. The molecule has 0 amide bonds. The van der Waals surface area contributed by atoms with Crippen molar-refractivity contribution in [3.05, 3.63) is 0 Å². The molecule has 3 aliphatic rings. The average molecular weight is 352 g/mol. The number of rotatable bonds is 3. The van der Waals surface area contributed by atoms with Gasteiger partial charge < -0.3 is 5.32 Å². The van der Waals surface area contributed by atoms with Crippen LogP contribution in [0, 0.1) is 11.8 Å². The maximum atomic E-state index is 12.7. The molecular weight excluding hydrogens is 322 g/mol. The van der Waals surface area contributed by atoms with E-state index in [0.717, 1.165) is 32.2 Å². The zero-order valence-corrected chi connectivity index (χ0v) is 15.2. The van der Waals surface area contributed by atoms with E-state index in [4.69, 9.17) is 0 Å². The second kappa shape index (κ2) is 7.79. The normalized spacial score (nSPS) is 30.3. The number of halogens is 1. The smallest absolute Gasteiger partial charge is 0.281 e. The van der Waals surface area contributed by atoms with Gasteiger partial charge in [0.1, 0.15) is 0 Å². The van der Waals surface area contributed by atoms with Gasteiger partial charge in [0.2, 0.25) is 0 Å². The van der Waals surface area contributed by atoms with Crippen molar-refractivity contribution in [1.29, 1.82) is 0 Å². The Balaban J connectivity index is 0.00000176. The van der Waals surface area contributed by atoms with Gasteiger partial charge in [-0.15, -0.1) is 12.4 Å². The highest BCUT2D eigenvalue weighted by atomic mass is 35.5. The molecule has 5 nitrogen and oxygen atoms in total. The highest BCUT2D eigenvalue weighted by molar-refractivity contribution is 7.86. The lowest BCUT2D eigenvalue weighted by Crippen LogP contribution is -2.50. The van der Waals surface area contributed by atoms with E-state index in [9.17, 15) is 8.42 Å². The number of nitrogens with one attached hydrogen (secondary N) is 1. The molecule has 0 bridgehead atoms. The fourth-order valence-corrected chi connectivity index (χ4v) is 5.67. The number of nitrogens with zero attached hydrogens (tertiary/aromatic N) is 2. The van der Waals surface area contributed by atoms with Crippen molar-refractivity contribution in [2.24, 2.45) is 11.8 Å². The summed E-state index contributed by atoms with van der Waals surface area (Å²) in [4.78, 5) is 0. The van der Waals surface area contributed by atoms with Crippen LogP contribution in [-0.2, 0) is 10.2 Å². The monoisotopic (exact) mass is 351 g/mol. The fourth-order valence-electron chi connectivity index (χ4n) is 4.00. The van der Waals surface area contributed by atoms with E-state index < -0.39 is 10.2 Å². The Hall–Kier alpha value is 0.120. The molecule has 3 saturated heterocycles. The zero-order chi connectivity index (χ0) is 14.9. The van der Waals surface area contributed by atoms with Crippen molar-refractivity contribution in [2.45, 2.75) is 51.5 Å². The van der Waals surface area contributed by atoms with E-state index in [1.54, 1.807) is 8.61 Å². The van der Waals surface area contributed by atoms with Gasteiger partial charge in [-0.05, 0) is 56.9 Å². The molecule has 1 unspecified atom stereocenters. The molecule has 0 radical (unpaired) electrons. The molecule has 0 spiro atoms. The van der Waals surface area contributed by atoms with Gasteiger partial charge in [0.05, 0.1) is 0 Å². The molecule has 1 N–H and O–H groups in total. The van der Waals surface area contributed by atoms with Gasteiger partial charge in [0, 0.05) is 32.2 Å². The summed E-state index contributed by atoms with van der Waals surface area (Å²) in [7, 11) is -3.21. The Bertz CT molecular complexity index is 438. The van der Waals surface area contributed by atoms with E-state index in [1.807, 2.05) is 0 Å². The first-order chi connectivity index (χ1) is 10.1. The van der Waals surface area contributed by atoms with Crippen LogP contribution in [-0.4, -0.2) is 55.8 Å². The minimum Gasteiger partial charge on any atom is -0.314 e. The zero-order valence-electron chi connectivity index (χ0n) is 13.5. The van der Waals surface area contributed by atoms with Gasteiger partial charge in [-0.3, -0.25) is 0 Å². The second-order valence-electron chi connectivity index (χ2n) is 7.03.